The molecule has 1 saturated heterocycles. The number of methoxy groups -OCH3 is 1. The second kappa shape index (κ2) is 7.18. The first-order valence-electron chi connectivity index (χ1n) is 10.2. The molecular formula is C21H26N6O2. The number of para-hydroxylation sites is 1. The Kier molecular flexibility index (Phi) is 4.50. The second-order valence-electron chi connectivity index (χ2n) is 7.97. The number of aromatic amines is 1. The zero-order chi connectivity index (χ0) is 20.0. The average molecular weight is 394 g/mol. The van der Waals surface area contributed by atoms with E-state index in [1.165, 1.54) is 0 Å². The number of hydrogen-bond acceptors (Lipinski definition) is 7. The maximum absolute atomic E-state index is 5.91. The van der Waals surface area contributed by atoms with Gasteiger partial charge in [0.15, 0.2) is 17.5 Å². The van der Waals surface area contributed by atoms with Gasteiger partial charge in [0.05, 0.1) is 24.8 Å². The van der Waals surface area contributed by atoms with E-state index < -0.39 is 0 Å². The molecule has 0 radical (unpaired) electrons. The largest absolute Gasteiger partial charge is 0.490 e. The van der Waals surface area contributed by atoms with Crippen LogP contribution >= 0.6 is 0 Å². The van der Waals surface area contributed by atoms with E-state index in [9.17, 15) is 0 Å². The number of nitrogens with one attached hydrogen (secondary N) is 2. The summed E-state index contributed by atoms with van der Waals surface area (Å²) in [5.41, 5.74) is 0.974. The summed E-state index contributed by atoms with van der Waals surface area (Å²) >= 11 is 0. The molecule has 8 nitrogen and oxygen atoms in total. The van der Waals surface area contributed by atoms with E-state index in [4.69, 9.17) is 19.4 Å². The van der Waals surface area contributed by atoms with E-state index in [1.54, 1.807) is 7.11 Å². The summed E-state index contributed by atoms with van der Waals surface area (Å²) in [6, 6.07) is 8.02. The molecule has 0 spiro atoms. The second-order valence-corrected chi connectivity index (χ2v) is 7.97. The molecule has 1 aliphatic carbocycles. The number of ether oxygens (including phenoxy) is 2. The minimum Gasteiger partial charge on any atom is -0.490 e. The molecule has 2 fully saturated rings. The summed E-state index contributed by atoms with van der Waals surface area (Å²) in [5.74, 6) is 4.15. The monoisotopic (exact) mass is 394 g/mol. The highest BCUT2D eigenvalue weighted by Crippen LogP contribution is 2.43. The summed E-state index contributed by atoms with van der Waals surface area (Å²) in [7, 11) is 1.67. The molecule has 152 valence electrons. The summed E-state index contributed by atoms with van der Waals surface area (Å²) in [4.78, 5) is 12.0. The van der Waals surface area contributed by atoms with Crippen LogP contribution in [0.2, 0.25) is 0 Å². The van der Waals surface area contributed by atoms with Crippen LogP contribution in [-0.4, -0.2) is 52.6 Å². The summed E-state index contributed by atoms with van der Waals surface area (Å²) in [6.45, 7) is 5.72. The zero-order valence-electron chi connectivity index (χ0n) is 17.0. The predicted molar refractivity (Wildman–Crippen MR) is 112 cm³/mol. The Morgan fingerprint density at radius 2 is 1.86 bits per heavy atom. The molecule has 2 aliphatic rings. The Morgan fingerprint density at radius 3 is 2.59 bits per heavy atom. The first-order valence-corrected chi connectivity index (χ1v) is 10.2. The van der Waals surface area contributed by atoms with Gasteiger partial charge in [0.2, 0.25) is 5.75 Å². The summed E-state index contributed by atoms with van der Waals surface area (Å²) in [5, 5.41) is 11.9. The van der Waals surface area contributed by atoms with Crippen molar-refractivity contribution in [1.29, 1.82) is 0 Å². The van der Waals surface area contributed by atoms with Gasteiger partial charge in [-0.15, -0.1) is 0 Å². The summed E-state index contributed by atoms with van der Waals surface area (Å²) < 4.78 is 11.7. The Labute approximate surface area is 169 Å². The van der Waals surface area contributed by atoms with Crippen LogP contribution in [0.1, 0.15) is 38.4 Å². The van der Waals surface area contributed by atoms with Crippen LogP contribution < -0.4 is 15.0 Å². The fourth-order valence-corrected chi connectivity index (χ4v) is 3.99. The molecule has 2 unspecified atom stereocenters. The number of morpholine rings is 1. The highest BCUT2D eigenvalue weighted by atomic mass is 16.5. The molecule has 29 heavy (non-hydrogen) atoms. The van der Waals surface area contributed by atoms with Gasteiger partial charge < -0.3 is 19.7 Å². The maximum atomic E-state index is 5.91. The summed E-state index contributed by atoms with van der Waals surface area (Å²) in [6.07, 6.45) is 2.53. The molecule has 0 amide bonds. The van der Waals surface area contributed by atoms with Gasteiger partial charge in [0.25, 0.3) is 0 Å². The predicted octanol–water partition coefficient (Wildman–Crippen LogP) is 3.60. The lowest BCUT2D eigenvalue weighted by atomic mass is 10.2. The van der Waals surface area contributed by atoms with Crippen LogP contribution in [0.5, 0.6) is 5.75 Å². The number of H-pyrrole nitrogens is 1. The van der Waals surface area contributed by atoms with Crippen molar-refractivity contribution in [2.24, 2.45) is 0 Å². The van der Waals surface area contributed by atoms with Crippen molar-refractivity contribution in [1.82, 2.24) is 20.2 Å². The van der Waals surface area contributed by atoms with Crippen molar-refractivity contribution in [3.8, 4) is 5.75 Å². The van der Waals surface area contributed by atoms with Gasteiger partial charge in [0.1, 0.15) is 5.82 Å². The molecule has 8 heteroatoms. The Balaban J connectivity index is 1.58. The lowest BCUT2D eigenvalue weighted by molar-refractivity contribution is -0.00559. The minimum absolute atomic E-state index is 0.134. The zero-order valence-corrected chi connectivity index (χ0v) is 17.0. The Morgan fingerprint density at radius 1 is 1.10 bits per heavy atom. The lowest BCUT2D eigenvalue weighted by Gasteiger charge is -2.36. The van der Waals surface area contributed by atoms with Crippen molar-refractivity contribution < 1.29 is 9.47 Å². The van der Waals surface area contributed by atoms with Crippen molar-refractivity contribution in [2.75, 3.05) is 30.4 Å². The number of hydrogen-bond donors (Lipinski definition) is 2. The Bertz CT molecular complexity index is 1020. The van der Waals surface area contributed by atoms with E-state index in [0.29, 0.717) is 17.5 Å². The fourth-order valence-electron chi connectivity index (χ4n) is 3.99. The van der Waals surface area contributed by atoms with Gasteiger partial charge in [-0.3, -0.25) is 5.10 Å². The van der Waals surface area contributed by atoms with Gasteiger partial charge >= 0.3 is 0 Å². The molecule has 1 saturated carbocycles. The van der Waals surface area contributed by atoms with E-state index in [1.807, 2.05) is 24.3 Å². The molecular weight excluding hydrogens is 368 g/mol. The average Bonchev–Trinajstić information content (AvgIpc) is 3.49. The molecule has 2 N–H and O–H groups in total. The van der Waals surface area contributed by atoms with E-state index in [-0.39, 0.29) is 12.2 Å². The topological polar surface area (TPSA) is 88.2 Å². The lowest BCUT2D eigenvalue weighted by Crippen LogP contribution is -2.46. The standard InChI is InChI=1S/C21H26N6O2/c1-12-10-27(11-13(2)29-12)21-17(28-3)20(22-18(24-21)14-8-9-14)23-19-15-6-4-5-7-16(15)25-26-19/h4-7,12-14H,8-11H2,1-3H3,(H2,22,23,24,25,26). The minimum atomic E-state index is 0.134. The maximum Gasteiger partial charge on any atom is 0.204 e. The molecule has 5 rings (SSSR count). The first-order chi connectivity index (χ1) is 14.1. The number of aromatic nitrogens is 4. The molecule has 1 aliphatic heterocycles. The number of fused-ring (bicyclic) bond motifs is 1. The van der Waals surface area contributed by atoms with Gasteiger partial charge in [-0.05, 0) is 38.8 Å². The Hall–Kier alpha value is -2.87. The van der Waals surface area contributed by atoms with E-state index >= 15 is 0 Å². The van der Waals surface area contributed by atoms with Crippen molar-refractivity contribution in [3.63, 3.8) is 0 Å². The third kappa shape index (κ3) is 3.48. The quantitative estimate of drug-likeness (QED) is 0.683. The van der Waals surface area contributed by atoms with Crippen molar-refractivity contribution >= 4 is 28.4 Å². The number of benzene rings is 1. The smallest absolute Gasteiger partial charge is 0.204 e. The van der Waals surface area contributed by atoms with E-state index in [2.05, 4.69) is 34.3 Å². The van der Waals surface area contributed by atoms with Gasteiger partial charge in [-0.2, -0.15) is 5.10 Å². The van der Waals surface area contributed by atoms with Gasteiger partial charge in [-0.1, -0.05) is 12.1 Å². The first kappa shape index (κ1) is 18.2. The van der Waals surface area contributed by atoms with Crippen molar-refractivity contribution in [3.05, 3.63) is 30.1 Å². The van der Waals surface area contributed by atoms with Crippen LogP contribution in [0.4, 0.5) is 17.5 Å². The number of nitrogens with zero attached hydrogens (tertiary/aromatic N) is 4. The van der Waals surface area contributed by atoms with E-state index in [0.717, 1.165) is 54.3 Å². The fraction of sp³-hybridized carbons (Fsp3) is 0.476. The molecule has 2 atom stereocenters. The number of rotatable bonds is 5. The highest BCUT2D eigenvalue weighted by molar-refractivity contribution is 5.91. The SMILES string of the molecule is COc1c(Nc2n[nH]c3ccccc23)nc(C2CC2)nc1N1CC(C)OC(C)C1. The number of anilines is 3. The van der Waals surface area contributed by atoms with Crippen LogP contribution in [-0.2, 0) is 4.74 Å². The molecule has 2 aromatic heterocycles. The molecule has 1 aromatic carbocycles. The molecule has 3 aromatic rings. The van der Waals surface area contributed by atoms with Gasteiger partial charge in [0, 0.05) is 24.4 Å². The van der Waals surface area contributed by atoms with Crippen LogP contribution in [0.3, 0.4) is 0 Å². The third-order valence-electron chi connectivity index (χ3n) is 5.44. The highest BCUT2D eigenvalue weighted by Gasteiger charge is 2.32. The van der Waals surface area contributed by atoms with Gasteiger partial charge in [-0.25, -0.2) is 9.97 Å². The third-order valence-corrected chi connectivity index (χ3v) is 5.44. The van der Waals surface area contributed by atoms with Crippen molar-refractivity contribution in [2.45, 2.75) is 44.8 Å². The van der Waals surface area contributed by atoms with Crippen LogP contribution in [0.15, 0.2) is 24.3 Å². The molecule has 3 heterocycles. The normalized spacial score (nSPS) is 22.1. The van der Waals surface area contributed by atoms with Crippen LogP contribution in [0, 0.1) is 0 Å². The van der Waals surface area contributed by atoms with Crippen LogP contribution in [0.25, 0.3) is 10.9 Å². The molecule has 0 bridgehead atoms.